The van der Waals surface area contributed by atoms with E-state index in [0.717, 1.165) is 35.7 Å². The van der Waals surface area contributed by atoms with Gasteiger partial charge in [0.1, 0.15) is 0 Å². The molecule has 0 spiro atoms. The van der Waals surface area contributed by atoms with Gasteiger partial charge in [0.05, 0.1) is 11.6 Å². The van der Waals surface area contributed by atoms with Crippen LogP contribution in [0.1, 0.15) is 16.7 Å². The first-order valence-electron chi connectivity index (χ1n) is 6.43. The highest BCUT2D eigenvalue weighted by atomic mass is 16.7. The minimum atomic E-state index is 0.299. The molecule has 1 heterocycles. The zero-order valence-corrected chi connectivity index (χ0v) is 10.9. The van der Waals surface area contributed by atoms with Crippen LogP contribution in [0.15, 0.2) is 42.5 Å². The number of rotatable bonds is 4. The van der Waals surface area contributed by atoms with E-state index in [4.69, 9.17) is 14.7 Å². The number of benzene rings is 2. The Labute approximate surface area is 117 Å². The highest BCUT2D eigenvalue weighted by Gasteiger charge is 2.12. The highest BCUT2D eigenvalue weighted by molar-refractivity contribution is 5.44. The summed E-state index contributed by atoms with van der Waals surface area (Å²) in [6.07, 6.45) is 0. The second-order valence-electron chi connectivity index (χ2n) is 4.60. The summed E-state index contributed by atoms with van der Waals surface area (Å²) in [6.45, 7) is 1.77. The largest absolute Gasteiger partial charge is 0.454 e. The Kier molecular flexibility index (Phi) is 3.53. The van der Waals surface area contributed by atoms with Gasteiger partial charge < -0.3 is 14.8 Å². The van der Waals surface area contributed by atoms with E-state index in [0.29, 0.717) is 12.4 Å². The van der Waals surface area contributed by atoms with E-state index >= 15 is 0 Å². The lowest BCUT2D eigenvalue weighted by Gasteiger charge is -2.06. The van der Waals surface area contributed by atoms with Gasteiger partial charge in [0.25, 0.3) is 0 Å². The van der Waals surface area contributed by atoms with Crippen molar-refractivity contribution in [2.45, 2.75) is 13.1 Å². The lowest BCUT2D eigenvalue weighted by molar-refractivity contribution is 0.174. The number of nitriles is 1. The number of nitrogens with one attached hydrogen (secondary N) is 1. The van der Waals surface area contributed by atoms with Crippen molar-refractivity contribution in [2.75, 3.05) is 6.79 Å². The number of nitrogens with zero attached hydrogens (tertiary/aromatic N) is 1. The Morgan fingerprint density at radius 1 is 1.00 bits per heavy atom. The molecule has 2 aromatic rings. The van der Waals surface area contributed by atoms with Gasteiger partial charge >= 0.3 is 0 Å². The second kappa shape index (κ2) is 5.64. The lowest BCUT2D eigenvalue weighted by atomic mass is 10.1. The maximum absolute atomic E-state index is 8.86. The topological polar surface area (TPSA) is 54.3 Å². The van der Waals surface area contributed by atoms with Crippen molar-refractivity contribution in [3.63, 3.8) is 0 Å². The van der Waals surface area contributed by atoms with Gasteiger partial charge in [0.15, 0.2) is 11.5 Å². The average Bonchev–Trinajstić information content (AvgIpc) is 2.95. The summed E-state index contributed by atoms with van der Waals surface area (Å²) in [6, 6.07) is 15.7. The Morgan fingerprint density at radius 3 is 2.65 bits per heavy atom. The molecule has 0 radical (unpaired) electrons. The van der Waals surface area contributed by atoms with Crippen molar-refractivity contribution in [3.8, 4) is 17.6 Å². The third-order valence-electron chi connectivity index (χ3n) is 3.15. The predicted octanol–water partition coefficient (Wildman–Crippen LogP) is 2.58. The van der Waals surface area contributed by atoms with Gasteiger partial charge in [-0.2, -0.15) is 5.26 Å². The zero-order valence-electron chi connectivity index (χ0n) is 10.9. The third kappa shape index (κ3) is 2.73. The number of ether oxygens (including phenoxy) is 2. The molecule has 0 aliphatic carbocycles. The molecular formula is C16H14N2O2. The average molecular weight is 266 g/mol. The molecule has 100 valence electrons. The number of fused-ring (bicyclic) bond motifs is 1. The van der Waals surface area contributed by atoms with Crippen LogP contribution in [-0.2, 0) is 13.1 Å². The minimum absolute atomic E-state index is 0.299. The maximum Gasteiger partial charge on any atom is 0.231 e. The van der Waals surface area contributed by atoms with Crippen molar-refractivity contribution in [3.05, 3.63) is 59.2 Å². The summed E-state index contributed by atoms with van der Waals surface area (Å²) < 4.78 is 10.6. The molecule has 3 rings (SSSR count). The minimum Gasteiger partial charge on any atom is -0.454 e. The molecule has 1 N–H and O–H groups in total. The molecule has 4 heteroatoms. The fourth-order valence-corrected chi connectivity index (χ4v) is 2.15. The molecule has 4 nitrogen and oxygen atoms in total. The summed E-state index contributed by atoms with van der Waals surface area (Å²) in [5.74, 6) is 1.60. The van der Waals surface area contributed by atoms with Gasteiger partial charge in [0, 0.05) is 13.1 Å². The van der Waals surface area contributed by atoms with Gasteiger partial charge in [0.2, 0.25) is 6.79 Å². The predicted molar refractivity (Wildman–Crippen MR) is 74.3 cm³/mol. The van der Waals surface area contributed by atoms with Crippen LogP contribution < -0.4 is 14.8 Å². The van der Waals surface area contributed by atoms with Crippen LogP contribution in [0, 0.1) is 11.3 Å². The summed E-state index contributed by atoms with van der Waals surface area (Å²) in [5, 5.41) is 12.2. The van der Waals surface area contributed by atoms with Gasteiger partial charge in [-0.05, 0) is 35.4 Å². The van der Waals surface area contributed by atoms with E-state index in [1.54, 1.807) is 6.07 Å². The van der Waals surface area contributed by atoms with Crippen LogP contribution in [0.25, 0.3) is 0 Å². The van der Waals surface area contributed by atoms with E-state index in [9.17, 15) is 0 Å². The van der Waals surface area contributed by atoms with E-state index in [2.05, 4.69) is 11.4 Å². The zero-order chi connectivity index (χ0) is 13.8. The van der Waals surface area contributed by atoms with Gasteiger partial charge in [-0.15, -0.1) is 0 Å². The van der Waals surface area contributed by atoms with E-state index < -0.39 is 0 Å². The standard InChI is InChI=1S/C16H14N2O2/c17-8-12-2-1-3-13(6-12)9-18-10-14-4-5-15-16(7-14)20-11-19-15/h1-7,18H,9-11H2. The fourth-order valence-electron chi connectivity index (χ4n) is 2.15. The second-order valence-corrected chi connectivity index (χ2v) is 4.60. The number of hydrogen-bond acceptors (Lipinski definition) is 4. The summed E-state index contributed by atoms with van der Waals surface area (Å²) in [5.41, 5.74) is 2.93. The third-order valence-corrected chi connectivity index (χ3v) is 3.15. The van der Waals surface area contributed by atoms with E-state index in [-0.39, 0.29) is 0 Å². The molecule has 0 unspecified atom stereocenters. The SMILES string of the molecule is N#Cc1cccc(CNCc2ccc3c(c2)OCO3)c1. The molecule has 0 saturated carbocycles. The molecule has 0 amide bonds. The van der Waals surface area contributed by atoms with Crippen LogP contribution in [0.3, 0.4) is 0 Å². The van der Waals surface area contributed by atoms with Crippen LogP contribution in [-0.4, -0.2) is 6.79 Å². The van der Waals surface area contributed by atoms with Crippen molar-refractivity contribution < 1.29 is 9.47 Å². The summed E-state index contributed by atoms with van der Waals surface area (Å²) >= 11 is 0. The summed E-state index contributed by atoms with van der Waals surface area (Å²) in [7, 11) is 0. The van der Waals surface area contributed by atoms with Crippen molar-refractivity contribution in [1.29, 1.82) is 5.26 Å². The van der Waals surface area contributed by atoms with Crippen LogP contribution in [0.2, 0.25) is 0 Å². The van der Waals surface area contributed by atoms with Crippen LogP contribution in [0.5, 0.6) is 11.5 Å². The maximum atomic E-state index is 8.86. The monoisotopic (exact) mass is 266 g/mol. The molecule has 0 saturated heterocycles. The Hall–Kier alpha value is -2.51. The quantitative estimate of drug-likeness (QED) is 0.924. The lowest BCUT2D eigenvalue weighted by Crippen LogP contribution is -2.12. The molecule has 0 bridgehead atoms. The molecular weight excluding hydrogens is 252 g/mol. The van der Waals surface area contributed by atoms with Gasteiger partial charge in [-0.3, -0.25) is 0 Å². The molecule has 1 aliphatic rings. The fraction of sp³-hybridized carbons (Fsp3) is 0.188. The summed E-state index contributed by atoms with van der Waals surface area (Å²) in [4.78, 5) is 0. The molecule has 0 fully saturated rings. The first-order valence-corrected chi connectivity index (χ1v) is 6.43. The van der Waals surface area contributed by atoms with Crippen molar-refractivity contribution in [1.82, 2.24) is 5.32 Å². The Bertz CT molecular complexity index is 662. The highest BCUT2D eigenvalue weighted by Crippen LogP contribution is 2.32. The van der Waals surface area contributed by atoms with Crippen molar-refractivity contribution in [2.24, 2.45) is 0 Å². The molecule has 0 aromatic heterocycles. The smallest absolute Gasteiger partial charge is 0.231 e. The molecule has 0 atom stereocenters. The Morgan fingerprint density at radius 2 is 1.80 bits per heavy atom. The molecule has 2 aromatic carbocycles. The normalized spacial score (nSPS) is 12.2. The Balaban J connectivity index is 1.58. The van der Waals surface area contributed by atoms with Crippen LogP contribution >= 0.6 is 0 Å². The van der Waals surface area contributed by atoms with Crippen molar-refractivity contribution >= 4 is 0 Å². The van der Waals surface area contributed by atoms with E-state index in [1.165, 1.54) is 0 Å². The first kappa shape index (κ1) is 12.5. The van der Waals surface area contributed by atoms with Gasteiger partial charge in [-0.1, -0.05) is 18.2 Å². The van der Waals surface area contributed by atoms with Gasteiger partial charge in [-0.25, -0.2) is 0 Å². The molecule has 20 heavy (non-hydrogen) atoms. The molecule has 1 aliphatic heterocycles. The number of hydrogen-bond donors (Lipinski definition) is 1. The van der Waals surface area contributed by atoms with E-state index in [1.807, 2.05) is 36.4 Å². The first-order chi connectivity index (χ1) is 9.85. The van der Waals surface area contributed by atoms with Crippen LogP contribution in [0.4, 0.5) is 0 Å².